The molecule has 2 heteroatoms. The van der Waals surface area contributed by atoms with Gasteiger partial charge in [0.15, 0.2) is 5.78 Å². The van der Waals surface area contributed by atoms with Gasteiger partial charge in [0.25, 0.3) is 0 Å². The zero-order valence-electron chi connectivity index (χ0n) is 7.59. The molecule has 0 aromatic heterocycles. The van der Waals surface area contributed by atoms with Gasteiger partial charge in [0.1, 0.15) is 6.61 Å². The first-order valence-electron chi connectivity index (χ1n) is 4.95. The quantitative estimate of drug-likeness (QED) is 0.657. The second kappa shape index (κ2) is 5.31. The van der Waals surface area contributed by atoms with Crippen molar-refractivity contribution in [2.24, 2.45) is 5.92 Å². The van der Waals surface area contributed by atoms with Gasteiger partial charge in [-0.3, -0.25) is 4.79 Å². The van der Waals surface area contributed by atoms with E-state index < -0.39 is 0 Å². The van der Waals surface area contributed by atoms with Crippen LogP contribution >= 0.6 is 0 Å². The highest BCUT2D eigenvalue weighted by Gasteiger charge is 2.14. The van der Waals surface area contributed by atoms with Crippen molar-refractivity contribution in [2.45, 2.75) is 44.9 Å². The van der Waals surface area contributed by atoms with E-state index >= 15 is 0 Å². The molecule has 1 aliphatic rings. The fraction of sp³-hybridized carbons (Fsp3) is 0.900. The molecular formula is C10H18O2. The first-order valence-corrected chi connectivity index (χ1v) is 4.95. The van der Waals surface area contributed by atoms with Crippen LogP contribution in [0.15, 0.2) is 0 Å². The Balaban J connectivity index is 2.24. The maximum atomic E-state index is 10.9. The largest absolute Gasteiger partial charge is 0.389 e. The van der Waals surface area contributed by atoms with E-state index in [4.69, 9.17) is 5.11 Å². The molecule has 70 valence electrons. The van der Waals surface area contributed by atoms with Crippen molar-refractivity contribution in [3.05, 3.63) is 0 Å². The zero-order valence-corrected chi connectivity index (χ0v) is 7.59. The summed E-state index contributed by atoms with van der Waals surface area (Å²) in [6.45, 7) is -0.267. The SMILES string of the molecule is O=C(CO)CC1CCCCCC1. The smallest absolute Gasteiger partial charge is 0.158 e. The number of hydrogen-bond donors (Lipinski definition) is 1. The summed E-state index contributed by atoms with van der Waals surface area (Å²) in [4.78, 5) is 10.9. The summed E-state index contributed by atoms with van der Waals surface area (Å²) in [7, 11) is 0. The molecule has 12 heavy (non-hydrogen) atoms. The molecular weight excluding hydrogens is 152 g/mol. The molecule has 1 saturated carbocycles. The van der Waals surface area contributed by atoms with Crippen molar-refractivity contribution < 1.29 is 9.90 Å². The predicted octanol–water partition coefficient (Wildman–Crippen LogP) is 1.91. The van der Waals surface area contributed by atoms with Crippen molar-refractivity contribution in [1.82, 2.24) is 0 Å². The van der Waals surface area contributed by atoms with Crippen LogP contribution < -0.4 is 0 Å². The molecule has 0 aliphatic heterocycles. The first-order chi connectivity index (χ1) is 5.83. The Morgan fingerprint density at radius 2 is 1.75 bits per heavy atom. The van der Waals surface area contributed by atoms with E-state index in [-0.39, 0.29) is 12.4 Å². The van der Waals surface area contributed by atoms with Crippen molar-refractivity contribution in [1.29, 1.82) is 0 Å². The minimum Gasteiger partial charge on any atom is -0.389 e. The highest BCUT2D eigenvalue weighted by molar-refractivity contribution is 5.79. The molecule has 1 N–H and O–H groups in total. The summed E-state index contributed by atoms with van der Waals surface area (Å²) in [5, 5.41) is 8.59. The van der Waals surface area contributed by atoms with Gasteiger partial charge >= 0.3 is 0 Å². The second-order valence-electron chi connectivity index (χ2n) is 3.76. The van der Waals surface area contributed by atoms with Gasteiger partial charge in [-0.15, -0.1) is 0 Å². The van der Waals surface area contributed by atoms with Crippen LogP contribution in [-0.2, 0) is 4.79 Å². The molecule has 0 spiro atoms. The number of rotatable bonds is 3. The maximum absolute atomic E-state index is 10.9. The topological polar surface area (TPSA) is 37.3 Å². The van der Waals surface area contributed by atoms with Crippen LogP contribution in [0, 0.1) is 5.92 Å². The lowest BCUT2D eigenvalue weighted by molar-refractivity contribution is -0.122. The molecule has 0 aromatic rings. The summed E-state index contributed by atoms with van der Waals surface area (Å²) in [6.07, 6.45) is 8.16. The van der Waals surface area contributed by atoms with E-state index in [1.54, 1.807) is 0 Å². The monoisotopic (exact) mass is 170 g/mol. The van der Waals surface area contributed by atoms with Crippen LogP contribution in [0.4, 0.5) is 0 Å². The summed E-state index contributed by atoms with van der Waals surface area (Å²) in [6, 6.07) is 0. The summed E-state index contributed by atoms with van der Waals surface area (Å²) < 4.78 is 0. The highest BCUT2D eigenvalue weighted by atomic mass is 16.3. The maximum Gasteiger partial charge on any atom is 0.158 e. The molecule has 1 fully saturated rings. The zero-order chi connectivity index (χ0) is 8.81. The van der Waals surface area contributed by atoms with E-state index in [0.29, 0.717) is 12.3 Å². The summed E-state index contributed by atoms with van der Waals surface area (Å²) in [5.41, 5.74) is 0. The van der Waals surface area contributed by atoms with Gasteiger partial charge < -0.3 is 5.11 Å². The van der Waals surface area contributed by atoms with E-state index in [0.717, 1.165) is 0 Å². The molecule has 1 aliphatic carbocycles. The Morgan fingerprint density at radius 3 is 2.25 bits per heavy atom. The van der Waals surface area contributed by atoms with Crippen LogP contribution in [0.3, 0.4) is 0 Å². The molecule has 0 radical (unpaired) electrons. The standard InChI is InChI=1S/C10H18O2/c11-8-10(12)7-9-5-3-1-2-4-6-9/h9,11H,1-8H2. The Bertz CT molecular complexity index is 135. The van der Waals surface area contributed by atoms with Gasteiger partial charge in [0.05, 0.1) is 0 Å². The summed E-state index contributed by atoms with van der Waals surface area (Å²) in [5.74, 6) is 0.578. The van der Waals surface area contributed by atoms with E-state index in [1.165, 1.54) is 38.5 Å². The van der Waals surface area contributed by atoms with Gasteiger partial charge in [-0.25, -0.2) is 0 Å². The van der Waals surface area contributed by atoms with Crippen LogP contribution in [0.5, 0.6) is 0 Å². The van der Waals surface area contributed by atoms with E-state index in [1.807, 2.05) is 0 Å². The van der Waals surface area contributed by atoms with Crippen LogP contribution in [0.2, 0.25) is 0 Å². The number of aliphatic hydroxyl groups excluding tert-OH is 1. The highest BCUT2D eigenvalue weighted by Crippen LogP contribution is 2.25. The van der Waals surface area contributed by atoms with Crippen molar-refractivity contribution in [3.63, 3.8) is 0 Å². The predicted molar refractivity (Wildman–Crippen MR) is 47.9 cm³/mol. The van der Waals surface area contributed by atoms with Crippen LogP contribution in [0.25, 0.3) is 0 Å². The van der Waals surface area contributed by atoms with E-state index in [9.17, 15) is 4.79 Å². The Kier molecular flexibility index (Phi) is 4.30. The molecule has 0 atom stereocenters. The van der Waals surface area contributed by atoms with Crippen molar-refractivity contribution >= 4 is 5.78 Å². The van der Waals surface area contributed by atoms with Gasteiger partial charge in [-0.1, -0.05) is 38.5 Å². The number of carbonyl (C=O) groups is 1. The third-order valence-corrected chi connectivity index (χ3v) is 2.67. The van der Waals surface area contributed by atoms with E-state index in [2.05, 4.69) is 0 Å². The van der Waals surface area contributed by atoms with Gasteiger partial charge in [0.2, 0.25) is 0 Å². The molecule has 0 unspecified atom stereocenters. The van der Waals surface area contributed by atoms with Gasteiger partial charge in [-0.05, 0) is 5.92 Å². The molecule has 0 aromatic carbocycles. The van der Waals surface area contributed by atoms with Gasteiger partial charge in [0, 0.05) is 6.42 Å². The van der Waals surface area contributed by atoms with Crippen molar-refractivity contribution in [2.75, 3.05) is 6.61 Å². The van der Waals surface area contributed by atoms with Crippen molar-refractivity contribution in [3.8, 4) is 0 Å². The fourth-order valence-corrected chi connectivity index (χ4v) is 1.95. The fourth-order valence-electron chi connectivity index (χ4n) is 1.95. The lowest BCUT2D eigenvalue weighted by atomic mass is 9.95. The number of hydrogen-bond acceptors (Lipinski definition) is 2. The Morgan fingerprint density at radius 1 is 1.17 bits per heavy atom. The lowest BCUT2D eigenvalue weighted by Crippen LogP contribution is -2.10. The number of carbonyl (C=O) groups excluding carboxylic acids is 1. The first kappa shape index (κ1) is 9.72. The van der Waals surface area contributed by atoms with Crippen LogP contribution in [-0.4, -0.2) is 17.5 Å². The Hall–Kier alpha value is -0.370. The minimum atomic E-state index is -0.267. The number of ketones is 1. The normalized spacial score (nSPS) is 20.4. The molecule has 1 rings (SSSR count). The Labute approximate surface area is 74.0 Å². The lowest BCUT2D eigenvalue weighted by Gasteiger charge is -2.11. The number of aliphatic hydroxyl groups is 1. The molecule has 0 heterocycles. The third kappa shape index (κ3) is 3.35. The molecule has 2 nitrogen and oxygen atoms in total. The molecule has 0 bridgehead atoms. The summed E-state index contributed by atoms with van der Waals surface area (Å²) >= 11 is 0. The third-order valence-electron chi connectivity index (χ3n) is 2.67. The van der Waals surface area contributed by atoms with Crippen LogP contribution in [0.1, 0.15) is 44.9 Å². The second-order valence-corrected chi connectivity index (χ2v) is 3.76. The molecule has 0 amide bonds. The molecule has 0 saturated heterocycles. The van der Waals surface area contributed by atoms with Gasteiger partial charge in [-0.2, -0.15) is 0 Å². The average Bonchev–Trinajstić information content (AvgIpc) is 2.33. The average molecular weight is 170 g/mol. The number of Topliss-reactive ketones (excluding diaryl/α,β-unsaturated/α-hetero) is 1. The minimum absolute atomic E-state index is 0.0156.